The van der Waals surface area contributed by atoms with Gasteiger partial charge in [-0.15, -0.1) is 0 Å². The summed E-state index contributed by atoms with van der Waals surface area (Å²) in [5.74, 6) is -0.154. The fraction of sp³-hybridized carbons (Fsp3) is 0.222. The van der Waals surface area contributed by atoms with E-state index in [2.05, 4.69) is 26.2 Å². The number of alkyl halides is 3. The number of aromatic nitrogens is 1. The van der Waals surface area contributed by atoms with Crippen molar-refractivity contribution in [2.75, 3.05) is 4.90 Å². The van der Waals surface area contributed by atoms with Crippen LogP contribution >= 0.6 is 27.5 Å². The molecule has 1 atom stereocenters. The van der Waals surface area contributed by atoms with Crippen molar-refractivity contribution in [1.82, 2.24) is 10.3 Å². The van der Waals surface area contributed by atoms with Crippen LogP contribution in [0.25, 0.3) is 0 Å². The average molecular weight is 461 g/mol. The molecule has 0 saturated heterocycles. The van der Waals surface area contributed by atoms with Gasteiger partial charge in [-0.3, -0.25) is 4.79 Å². The number of benzene rings is 1. The van der Waals surface area contributed by atoms with Crippen molar-refractivity contribution in [3.05, 3.63) is 69.4 Å². The minimum absolute atomic E-state index is 0.112. The van der Waals surface area contributed by atoms with Gasteiger partial charge in [-0.1, -0.05) is 45.7 Å². The molecule has 2 heterocycles. The minimum atomic E-state index is -4.53. The Morgan fingerprint density at radius 1 is 1.37 bits per heavy atom. The van der Waals surface area contributed by atoms with E-state index in [1.54, 1.807) is 12.3 Å². The number of nitrogens with one attached hydrogen (secondary N) is 1. The summed E-state index contributed by atoms with van der Waals surface area (Å²) in [6.07, 6.45) is -0.0617. The van der Waals surface area contributed by atoms with Gasteiger partial charge >= 0.3 is 6.18 Å². The summed E-state index contributed by atoms with van der Waals surface area (Å²) in [5, 5.41) is 2.67. The third-order valence-corrected chi connectivity index (χ3v) is 4.78. The topological polar surface area (TPSA) is 45.2 Å². The molecule has 1 unspecified atom stereocenters. The highest BCUT2D eigenvalue weighted by Gasteiger charge is 2.34. The summed E-state index contributed by atoms with van der Waals surface area (Å²) >= 11 is 9.37. The van der Waals surface area contributed by atoms with Crippen LogP contribution in [-0.4, -0.2) is 16.9 Å². The van der Waals surface area contributed by atoms with Crippen molar-refractivity contribution in [2.24, 2.45) is 0 Å². The zero-order valence-electron chi connectivity index (χ0n) is 13.8. The Morgan fingerprint density at radius 3 is 2.81 bits per heavy atom. The van der Waals surface area contributed by atoms with Gasteiger partial charge < -0.3 is 10.2 Å². The molecule has 1 aliphatic rings. The Morgan fingerprint density at radius 2 is 2.15 bits per heavy atom. The van der Waals surface area contributed by atoms with Crippen LogP contribution in [0.15, 0.2) is 53.3 Å². The molecule has 142 valence electrons. The Kier molecular flexibility index (Phi) is 5.76. The molecular weight excluding hydrogens is 447 g/mol. The standard InChI is InChI=1S/C18H14BrClF3N3O/c19-13-4-1-3-11(7-13)9-25-17(27)15-5-2-6-26(15)16-14(20)8-12(10-24-16)18(21,22)23/h1-4,6-8,10,15H,5,9H2,(H,25,27). The number of nitrogens with zero attached hydrogens (tertiary/aromatic N) is 2. The third-order valence-electron chi connectivity index (χ3n) is 4.01. The first kappa shape index (κ1) is 19.7. The second-order valence-corrected chi connectivity index (χ2v) is 7.24. The molecule has 3 rings (SSSR count). The van der Waals surface area contributed by atoms with Gasteiger partial charge in [-0.05, 0) is 30.2 Å². The first-order valence-corrected chi connectivity index (χ1v) is 9.12. The fourth-order valence-corrected chi connectivity index (χ4v) is 3.41. The van der Waals surface area contributed by atoms with Crippen LogP contribution in [-0.2, 0) is 17.5 Å². The van der Waals surface area contributed by atoms with E-state index in [0.717, 1.165) is 16.1 Å². The molecule has 1 aromatic heterocycles. The number of hydrogen-bond acceptors (Lipinski definition) is 3. The molecule has 0 fully saturated rings. The smallest absolute Gasteiger partial charge is 0.350 e. The number of halogens is 5. The minimum Gasteiger partial charge on any atom is -0.350 e. The van der Waals surface area contributed by atoms with Gasteiger partial charge in [-0.25, -0.2) is 4.98 Å². The van der Waals surface area contributed by atoms with Gasteiger partial charge in [-0.2, -0.15) is 13.2 Å². The highest BCUT2D eigenvalue weighted by atomic mass is 79.9. The highest BCUT2D eigenvalue weighted by Crippen LogP contribution is 2.35. The van der Waals surface area contributed by atoms with E-state index >= 15 is 0 Å². The lowest BCUT2D eigenvalue weighted by Crippen LogP contribution is -2.42. The molecule has 27 heavy (non-hydrogen) atoms. The predicted molar refractivity (Wildman–Crippen MR) is 100 cm³/mol. The van der Waals surface area contributed by atoms with Gasteiger partial charge in [0.1, 0.15) is 6.04 Å². The van der Waals surface area contributed by atoms with Crippen molar-refractivity contribution < 1.29 is 18.0 Å². The van der Waals surface area contributed by atoms with Gasteiger partial charge in [0.25, 0.3) is 0 Å². The van der Waals surface area contributed by atoms with Crippen molar-refractivity contribution in [3.8, 4) is 0 Å². The van der Waals surface area contributed by atoms with E-state index in [4.69, 9.17) is 11.6 Å². The molecule has 0 aliphatic carbocycles. The molecule has 9 heteroatoms. The third kappa shape index (κ3) is 4.62. The van der Waals surface area contributed by atoms with Crippen LogP contribution < -0.4 is 10.2 Å². The lowest BCUT2D eigenvalue weighted by atomic mass is 10.2. The van der Waals surface area contributed by atoms with Crippen molar-refractivity contribution in [1.29, 1.82) is 0 Å². The summed E-state index contributed by atoms with van der Waals surface area (Å²) in [7, 11) is 0. The van der Waals surface area contributed by atoms with Gasteiger partial charge in [0, 0.05) is 23.4 Å². The van der Waals surface area contributed by atoms with E-state index in [9.17, 15) is 18.0 Å². The highest BCUT2D eigenvalue weighted by molar-refractivity contribution is 9.10. The van der Waals surface area contributed by atoms with E-state index in [1.807, 2.05) is 24.3 Å². The SMILES string of the molecule is O=C(NCc1cccc(Br)c1)C1CC=CN1c1ncc(C(F)(F)F)cc1Cl. The normalized spacial score (nSPS) is 16.6. The Balaban J connectivity index is 1.73. The predicted octanol–water partition coefficient (Wildman–Crippen LogP) is 4.93. The van der Waals surface area contributed by atoms with E-state index < -0.39 is 17.8 Å². The van der Waals surface area contributed by atoms with Crippen LogP contribution in [0.3, 0.4) is 0 Å². The average Bonchev–Trinajstić information content (AvgIpc) is 3.08. The summed E-state index contributed by atoms with van der Waals surface area (Å²) < 4.78 is 39.2. The maximum atomic E-state index is 12.8. The number of hydrogen-bond donors (Lipinski definition) is 1. The lowest BCUT2D eigenvalue weighted by molar-refractivity contribution is -0.137. The van der Waals surface area contributed by atoms with Gasteiger partial charge in [0.2, 0.25) is 5.91 Å². The molecule has 1 aliphatic heterocycles. The van der Waals surface area contributed by atoms with Crippen LogP contribution in [0.2, 0.25) is 5.02 Å². The summed E-state index contributed by atoms with van der Waals surface area (Å²) in [6.45, 7) is 0.330. The molecule has 4 nitrogen and oxygen atoms in total. The molecule has 1 N–H and O–H groups in total. The van der Waals surface area contributed by atoms with Crippen molar-refractivity contribution in [3.63, 3.8) is 0 Å². The molecule has 1 amide bonds. The number of carbonyl (C=O) groups is 1. The van der Waals surface area contributed by atoms with Crippen LogP contribution in [0.5, 0.6) is 0 Å². The first-order valence-electron chi connectivity index (χ1n) is 7.95. The van der Waals surface area contributed by atoms with Gasteiger partial charge in [0.05, 0.1) is 10.6 Å². The fourth-order valence-electron chi connectivity index (χ4n) is 2.70. The Labute approximate surface area is 167 Å². The van der Waals surface area contributed by atoms with Crippen molar-refractivity contribution >= 4 is 39.3 Å². The number of rotatable bonds is 4. The van der Waals surface area contributed by atoms with E-state index in [0.29, 0.717) is 19.2 Å². The maximum absolute atomic E-state index is 12.8. The lowest BCUT2D eigenvalue weighted by Gasteiger charge is -2.25. The van der Waals surface area contributed by atoms with Gasteiger partial charge in [0.15, 0.2) is 5.82 Å². The molecule has 2 aromatic rings. The van der Waals surface area contributed by atoms with Crippen molar-refractivity contribution in [2.45, 2.75) is 25.2 Å². The zero-order chi connectivity index (χ0) is 19.6. The second-order valence-electron chi connectivity index (χ2n) is 5.92. The summed E-state index contributed by atoms with van der Waals surface area (Å²) in [4.78, 5) is 17.9. The van der Waals surface area contributed by atoms with Crippen LogP contribution in [0, 0.1) is 0 Å². The summed E-state index contributed by atoms with van der Waals surface area (Å²) in [6, 6.07) is 7.70. The number of pyridine rings is 1. The zero-order valence-corrected chi connectivity index (χ0v) is 16.1. The second kappa shape index (κ2) is 7.90. The van der Waals surface area contributed by atoms with E-state index in [-0.39, 0.29) is 16.7 Å². The Bertz CT molecular complexity index is 888. The Hall–Kier alpha value is -2.06. The monoisotopic (exact) mass is 459 g/mol. The maximum Gasteiger partial charge on any atom is 0.417 e. The number of anilines is 1. The summed E-state index contributed by atoms with van der Waals surface area (Å²) in [5.41, 5.74) is -0.0176. The van der Waals surface area contributed by atoms with Crippen LogP contribution in [0.4, 0.5) is 19.0 Å². The van der Waals surface area contributed by atoms with Crippen LogP contribution in [0.1, 0.15) is 17.5 Å². The number of carbonyl (C=O) groups excluding carboxylic acids is 1. The largest absolute Gasteiger partial charge is 0.417 e. The molecular formula is C18H14BrClF3N3O. The number of amides is 1. The molecule has 0 spiro atoms. The van der Waals surface area contributed by atoms with E-state index in [1.165, 1.54) is 4.90 Å². The molecule has 1 aromatic carbocycles. The molecule has 0 saturated carbocycles. The quantitative estimate of drug-likeness (QED) is 0.704. The first-order chi connectivity index (χ1) is 12.8. The molecule has 0 radical (unpaired) electrons. The molecule has 0 bridgehead atoms.